The second kappa shape index (κ2) is 8.69. The van der Waals surface area contributed by atoms with Gasteiger partial charge in [-0.1, -0.05) is 6.07 Å². The number of nitrogens with one attached hydrogen (secondary N) is 1. The third-order valence-corrected chi connectivity index (χ3v) is 6.49. The number of benzene rings is 1. The van der Waals surface area contributed by atoms with E-state index in [9.17, 15) is 13.2 Å². The molecular weight excluding hydrogens is 374 g/mol. The van der Waals surface area contributed by atoms with E-state index in [1.165, 1.54) is 12.1 Å². The zero-order valence-corrected chi connectivity index (χ0v) is 16.7. The van der Waals surface area contributed by atoms with E-state index < -0.39 is 10.0 Å². The van der Waals surface area contributed by atoms with Crippen LogP contribution in [0.2, 0.25) is 0 Å². The molecule has 146 valence electrons. The predicted molar refractivity (Wildman–Crippen MR) is 104 cm³/mol. The zero-order chi connectivity index (χ0) is 18.0. The quantitative estimate of drug-likeness (QED) is 0.763. The molecule has 0 radical (unpaired) electrons. The molecule has 2 atom stereocenters. The van der Waals surface area contributed by atoms with Crippen molar-refractivity contribution in [1.29, 1.82) is 0 Å². The van der Waals surface area contributed by atoms with Crippen LogP contribution in [0.15, 0.2) is 29.2 Å². The lowest BCUT2D eigenvalue weighted by atomic mass is 9.96. The van der Waals surface area contributed by atoms with E-state index in [0.717, 1.165) is 32.1 Å². The molecule has 1 aromatic rings. The van der Waals surface area contributed by atoms with Crippen molar-refractivity contribution in [3.63, 3.8) is 0 Å². The second-order valence-corrected chi connectivity index (χ2v) is 9.01. The third kappa shape index (κ3) is 4.97. The largest absolute Gasteiger partial charge is 0.334 e. The highest BCUT2D eigenvalue weighted by Crippen LogP contribution is 2.28. The van der Waals surface area contributed by atoms with E-state index >= 15 is 0 Å². The molecular formula is C18H28ClN3O3S. The molecule has 1 saturated carbocycles. The number of carbonyl (C=O) groups is 1. The number of sulfonamides is 1. The van der Waals surface area contributed by atoms with Gasteiger partial charge in [0.15, 0.2) is 0 Å². The fraction of sp³-hybridized carbons (Fsp3) is 0.611. The summed E-state index contributed by atoms with van der Waals surface area (Å²) in [7, 11) is -3.58. The summed E-state index contributed by atoms with van der Waals surface area (Å²) < 4.78 is 27.5. The zero-order valence-electron chi connectivity index (χ0n) is 15.1. The highest BCUT2D eigenvalue weighted by Gasteiger charge is 2.30. The average Bonchev–Trinajstić information content (AvgIpc) is 3.44. The number of nitrogens with two attached hydrogens (primary N) is 1. The first kappa shape index (κ1) is 21.2. The van der Waals surface area contributed by atoms with Gasteiger partial charge >= 0.3 is 0 Å². The highest BCUT2D eigenvalue weighted by atomic mass is 35.5. The van der Waals surface area contributed by atoms with E-state index in [4.69, 9.17) is 5.73 Å². The van der Waals surface area contributed by atoms with Crippen LogP contribution in [-0.2, 0) is 10.0 Å². The van der Waals surface area contributed by atoms with Gasteiger partial charge in [0, 0.05) is 30.7 Å². The number of nitrogens with zero attached hydrogens (tertiary/aromatic N) is 1. The van der Waals surface area contributed by atoms with Crippen molar-refractivity contribution in [3.05, 3.63) is 29.8 Å². The summed E-state index contributed by atoms with van der Waals surface area (Å²) in [5.41, 5.74) is 6.45. The molecule has 2 aliphatic rings. The van der Waals surface area contributed by atoms with E-state index in [1.54, 1.807) is 17.0 Å². The molecule has 1 amide bonds. The van der Waals surface area contributed by atoms with Gasteiger partial charge in [-0.15, -0.1) is 12.4 Å². The van der Waals surface area contributed by atoms with Crippen LogP contribution in [0.4, 0.5) is 0 Å². The molecule has 0 bridgehead atoms. The van der Waals surface area contributed by atoms with Gasteiger partial charge in [0.2, 0.25) is 10.0 Å². The number of hydrogen-bond donors (Lipinski definition) is 2. The maximum absolute atomic E-state index is 12.9. The molecule has 1 saturated heterocycles. The Morgan fingerprint density at radius 1 is 1.31 bits per heavy atom. The van der Waals surface area contributed by atoms with Crippen LogP contribution in [0.25, 0.3) is 0 Å². The topological polar surface area (TPSA) is 92.5 Å². The standard InChI is InChI=1S/C18H27N3O3S.ClH/c1-13(19)17-7-2-3-10-21(17)18(22)15-5-4-6-16(11-15)25(23,24)20-12-14-8-9-14;/h4-6,11,13-14,17,20H,2-3,7-10,12,19H2,1H3;1H. The molecule has 0 spiro atoms. The Labute approximate surface area is 162 Å². The maximum Gasteiger partial charge on any atom is 0.254 e. The molecule has 2 fully saturated rings. The molecule has 6 nitrogen and oxygen atoms in total. The minimum Gasteiger partial charge on any atom is -0.334 e. The number of hydrogen-bond acceptors (Lipinski definition) is 4. The first-order valence-corrected chi connectivity index (χ1v) is 10.5. The SMILES string of the molecule is CC(N)C1CCCCN1C(=O)c1cccc(S(=O)(=O)NCC2CC2)c1.Cl. The molecule has 2 unspecified atom stereocenters. The van der Waals surface area contributed by atoms with Crippen molar-refractivity contribution in [3.8, 4) is 0 Å². The van der Waals surface area contributed by atoms with E-state index in [-0.39, 0.29) is 35.3 Å². The summed E-state index contributed by atoms with van der Waals surface area (Å²) in [6, 6.07) is 6.22. The lowest BCUT2D eigenvalue weighted by molar-refractivity contribution is 0.0583. The van der Waals surface area contributed by atoms with Crippen molar-refractivity contribution in [2.24, 2.45) is 11.7 Å². The molecule has 0 aromatic heterocycles. The van der Waals surface area contributed by atoms with Crippen molar-refractivity contribution in [2.45, 2.75) is 56.0 Å². The molecule has 3 N–H and O–H groups in total. The average molecular weight is 402 g/mol. The normalized spacial score (nSPS) is 21.8. The van der Waals surface area contributed by atoms with Crippen LogP contribution in [0.1, 0.15) is 49.4 Å². The summed E-state index contributed by atoms with van der Waals surface area (Å²) in [5.74, 6) is 0.320. The Kier molecular flexibility index (Phi) is 7.07. The van der Waals surface area contributed by atoms with Crippen LogP contribution >= 0.6 is 12.4 Å². The monoisotopic (exact) mass is 401 g/mol. The van der Waals surface area contributed by atoms with Gasteiger partial charge in [-0.05, 0) is 63.1 Å². The Bertz CT molecular complexity index is 735. The number of rotatable bonds is 6. The molecule has 3 rings (SSSR count). The van der Waals surface area contributed by atoms with Crippen LogP contribution in [0.3, 0.4) is 0 Å². The van der Waals surface area contributed by atoms with Gasteiger partial charge < -0.3 is 10.6 Å². The number of halogens is 1. The van der Waals surface area contributed by atoms with Gasteiger partial charge in [-0.3, -0.25) is 4.79 Å². The molecule has 26 heavy (non-hydrogen) atoms. The number of likely N-dealkylation sites (tertiary alicyclic amines) is 1. The lowest BCUT2D eigenvalue weighted by Gasteiger charge is -2.38. The van der Waals surface area contributed by atoms with Crippen LogP contribution in [-0.4, -0.2) is 44.4 Å². The highest BCUT2D eigenvalue weighted by molar-refractivity contribution is 7.89. The molecule has 8 heteroatoms. The van der Waals surface area contributed by atoms with Crippen molar-refractivity contribution >= 4 is 28.3 Å². The minimum atomic E-state index is -3.58. The Balaban J connectivity index is 0.00000243. The van der Waals surface area contributed by atoms with Gasteiger partial charge in [-0.2, -0.15) is 0 Å². The van der Waals surface area contributed by atoms with Gasteiger partial charge in [0.05, 0.1) is 4.90 Å². The number of carbonyl (C=O) groups excluding carboxylic acids is 1. The van der Waals surface area contributed by atoms with Gasteiger partial charge in [0.1, 0.15) is 0 Å². The Morgan fingerprint density at radius 3 is 2.69 bits per heavy atom. The smallest absolute Gasteiger partial charge is 0.254 e. The molecule has 1 aromatic carbocycles. The minimum absolute atomic E-state index is 0. The summed E-state index contributed by atoms with van der Waals surface area (Å²) in [6.45, 7) is 3.06. The Hall–Kier alpha value is -1.15. The van der Waals surface area contributed by atoms with Gasteiger partial charge in [0.25, 0.3) is 5.91 Å². The van der Waals surface area contributed by atoms with Crippen molar-refractivity contribution in [1.82, 2.24) is 9.62 Å². The fourth-order valence-electron chi connectivity index (χ4n) is 3.35. The molecule has 1 aliphatic carbocycles. The first-order valence-electron chi connectivity index (χ1n) is 9.05. The van der Waals surface area contributed by atoms with Gasteiger partial charge in [-0.25, -0.2) is 13.1 Å². The summed E-state index contributed by atoms with van der Waals surface area (Å²) in [6.07, 6.45) is 5.07. The van der Waals surface area contributed by atoms with Crippen molar-refractivity contribution in [2.75, 3.05) is 13.1 Å². The van der Waals surface area contributed by atoms with Crippen molar-refractivity contribution < 1.29 is 13.2 Å². The molecule has 1 heterocycles. The maximum atomic E-state index is 12.9. The summed E-state index contributed by atoms with van der Waals surface area (Å²) in [5, 5.41) is 0. The van der Waals surface area contributed by atoms with Crippen LogP contribution in [0.5, 0.6) is 0 Å². The van der Waals surface area contributed by atoms with E-state index in [2.05, 4.69) is 4.72 Å². The Morgan fingerprint density at radius 2 is 2.04 bits per heavy atom. The van der Waals surface area contributed by atoms with E-state index in [0.29, 0.717) is 24.6 Å². The van der Waals surface area contributed by atoms with Crippen LogP contribution in [0, 0.1) is 5.92 Å². The lowest BCUT2D eigenvalue weighted by Crippen LogP contribution is -2.51. The number of amides is 1. The summed E-state index contributed by atoms with van der Waals surface area (Å²) >= 11 is 0. The summed E-state index contributed by atoms with van der Waals surface area (Å²) in [4.78, 5) is 14.9. The molecule has 1 aliphatic heterocycles. The van der Waals surface area contributed by atoms with Crippen LogP contribution < -0.4 is 10.5 Å². The van der Waals surface area contributed by atoms with E-state index in [1.807, 2.05) is 6.92 Å². The number of piperidine rings is 1. The first-order chi connectivity index (χ1) is 11.9. The third-order valence-electron chi connectivity index (χ3n) is 5.07. The fourth-order valence-corrected chi connectivity index (χ4v) is 4.51. The predicted octanol–water partition coefficient (Wildman–Crippen LogP) is 2.14. The second-order valence-electron chi connectivity index (χ2n) is 7.24.